The maximum absolute atomic E-state index is 13.4. The Labute approximate surface area is 167 Å². The minimum Gasteiger partial charge on any atom is -0.366 e. The molecular formula is C23H31FN2O2. The molecule has 2 amide bonds. The van der Waals surface area contributed by atoms with Crippen LogP contribution in [-0.4, -0.2) is 41.2 Å². The van der Waals surface area contributed by atoms with Gasteiger partial charge in [-0.1, -0.05) is 51.2 Å². The summed E-state index contributed by atoms with van der Waals surface area (Å²) < 4.78 is 13.4. The van der Waals surface area contributed by atoms with Crippen LogP contribution < -0.4 is 0 Å². The lowest BCUT2D eigenvalue weighted by molar-refractivity contribution is -0.137. The lowest BCUT2D eigenvalue weighted by Crippen LogP contribution is -2.37. The van der Waals surface area contributed by atoms with Crippen molar-refractivity contribution in [1.29, 1.82) is 0 Å². The molecule has 1 aromatic carbocycles. The van der Waals surface area contributed by atoms with Crippen molar-refractivity contribution in [3.05, 3.63) is 41.3 Å². The van der Waals surface area contributed by atoms with E-state index in [9.17, 15) is 14.0 Å². The third kappa shape index (κ3) is 4.62. The highest BCUT2D eigenvalue weighted by Gasteiger charge is 2.41. The number of piperidine rings is 1. The molecule has 5 heteroatoms. The van der Waals surface area contributed by atoms with Gasteiger partial charge in [-0.15, -0.1) is 0 Å². The van der Waals surface area contributed by atoms with Gasteiger partial charge in [0.15, 0.2) is 0 Å². The highest BCUT2D eigenvalue weighted by atomic mass is 19.1. The first-order valence-corrected chi connectivity index (χ1v) is 10.7. The summed E-state index contributed by atoms with van der Waals surface area (Å²) in [6.45, 7) is 4.24. The topological polar surface area (TPSA) is 40.6 Å². The summed E-state index contributed by atoms with van der Waals surface area (Å²) in [5, 5.41) is 0. The Bertz CT molecular complexity index is 721. The molecule has 2 heterocycles. The van der Waals surface area contributed by atoms with E-state index in [0.29, 0.717) is 23.4 Å². The van der Waals surface area contributed by atoms with Crippen LogP contribution in [0.2, 0.25) is 0 Å². The fraction of sp³-hybridized carbons (Fsp3) is 0.565. The Balaban J connectivity index is 1.77. The van der Waals surface area contributed by atoms with Crippen LogP contribution in [0.25, 0.3) is 5.57 Å². The molecular weight excluding hydrogens is 355 g/mol. The maximum atomic E-state index is 13.4. The van der Waals surface area contributed by atoms with E-state index in [0.717, 1.165) is 51.6 Å². The molecule has 0 spiro atoms. The number of likely N-dealkylation sites (tertiary alicyclic amines) is 1. The van der Waals surface area contributed by atoms with Crippen molar-refractivity contribution >= 4 is 17.4 Å². The molecule has 0 unspecified atom stereocenters. The van der Waals surface area contributed by atoms with Crippen LogP contribution in [0.3, 0.4) is 0 Å². The van der Waals surface area contributed by atoms with Crippen LogP contribution >= 0.6 is 0 Å². The fourth-order valence-electron chi connectivity index (χ4n) is 4.10. The fourth-order valence-corrected chi connectivity index (χ4v) is 4.10. The van der Waals surface area contributed by atoms with Gasteiger partial charge in [0.05, 0.1) is 5.57 Å². The largest absolute Gasteiger partial charge is 0.366 e. The summed E-state index contributed by atoms with van der Waals surface area (Å²) in [5.74, 6) is -0.755. The van der Waals surface area contributed by atoms with Gasteiger partial charge in [-0.2, -0.15) is 0 Å². The zero-order valence-electron chi connectivity index (χ0n) is 16.9. The summed E-state index contributed by atoms with van der Waals surface area (Å²) >= 11 is 0. The molecule has 3 rings (SSSR count). The average Bonchev–Trinajstić information content (AvgIpc) is 2.96. The second-order valence-corrected chi connectivity index (χ2v) is 7.81. The summed E-state index contributed by atoms with van der Waals surface area (Å²) in [7, 11) is 0. The van der Waals surface area contributed by atoms with Gasteiger partial charge in [-0.3, -0.25) is 14.5 Å². The number of hydrogen-bond acceptors (Lipinski definition) is 3. The van der Waals surface area contributed by atoms with E-state index in [4.69, 9.17) is 0 Å². The first-order chi connectivity index (χ1) is 13.6. The van der Waals surface area contributed by atoms with Crippen molar-refractivity contribution in [2.75, 3.05) is 19.6 Å². The number of carbonyl (C=O) groups excluding carboxylic acids is 2. The third-order valence-electron chi connectivity index (χ3n) is 5.68. The van der Waals surface area contributed by atoms with E-state index in [2.05, 4.69) is 11.8 Å². The monoisotopic (exact) mass is 386 g/mol. The lowest BCUT2D eigenvalue weighted by atomic mass is 10.0. The van der Waals surface area contributed by atoms with E-state index in [1.165, 1.54) is 36.3 Å². The molecule has 28 heavy (non-hydrogen) atoms. The second-order valence-electron chi connectivity index (χ2n) is 7.81. The Morgan fingerprint density at radius 2 is 1.50 bits per heavy atom. The first kappa shape index (κ1) is 20.6. The molecule has 0 atom stereocenters. The highest BCUT2D eigenvalue weighted by molar-refractivity contribution is 6.35. The van der Waals surface area contributed by atoms with Crippen molar-refractivity contribution < 1.29 is 14.0 Å². The number of unbranched alkanes of at least 4 members (excludes halogenated alkanes) is 5. The number of benzene rings is 1. The number of rotatable bonds is 9. The third-order valence-corrected chi connectivity index (χ3v) is 5.68. The van der Waals surface area contributed by atoms with Crippen LogP contribution in [0.15, 0.2) is 30.0 Å². The number of carbonyl (C=O) groups is 2. The molecule has 0 aromatic heterocycles. The summed E-state index contributed by atoms with van der Waals surface area (Å²) in [4.78, 5) is 29.8. The zero-order chi connectivity index (χ0) is 19.9. The number of nitrogens with zero attached hydrogens (tertiary/aromatic N) is 2. The Morgan fingerprint density at radius 1 is 0.857 bits per heavy atom. The molecule has 1 saturated heterocycles. The Hall–Kier alpha value is -2.17. The smallest absolute Gasteiger partial charge is 0.277 e. The zero-order valence-corrected chi connectivity index (χ0v) is 16.9. The van der Waals surface area contributed by atoms with Crippen molar-refractivity contribution in [2.24, 2.45) is 0 Å². The Morgan fingerprint density at radius 3 is 2.18 bits per heavy atom. The van der Waals surface area contributed by atoms with Crippen LogP contribution in [0.4, 0.5) is 4.39 Å². The van der Waals surface area contributed by atoms with Crippen LogP contribution in [0.1, 0.15) is 70.3 Å². The van der Waals surface area contributed by atoms with Gasteiger partial charge in [0.25, 0.3) is 11.8 Å². The number of amides is 2. The van der Waals surface area contributed by atoms with Crippen LogP contribution in [-0.2, 0) is 9.59 Å². The van der Waals surface area contributed by atoms with E-state index in [1.54, 1.807) is 12.1 Å². The molecule has 0 bridgehead atoms. The molecule has 1 fully saturated rings. The SMILES string of the molecule is CCCCCCCCN1C(=O)C(c2ccc(F)cc2)=C(N2CCCCC2)C1=O. The molecule has 152 valence electrons. The van der Waals surface area contributed by atoms with E-state index >= 15 is 0 Å². The molecule has 2 aliphatic heterocycles. The van der Waals surface area contributed by atoms with Gasteiger partial charge in [-0.25, -0.2) is 4.39 Å². The predicted octanol–water partition coefficient (Wildman–Crippen LogP) is 4.75. The first-order valence-electron chi connectivity index (χ1n) is 10.7. The molecule has 0 saturated carbocycles. The molecule has 0 aliphatic carbocycles. The van der Waals surface area contributed by atoms with Gasteiger partial charge in [0, 0.05) is 19.6 Å². The van der Waals surface area contributed by atoms with Gasteiger partial charge in [0.2, 0.25) is 0 Å². The average molecular weight is 387 g/mol. The van der Waals surface area contributed by atoms with Crippen molar-refractivity contribution in [3.8, 4) is 0 Å². The minimum absolute atomic E-state index is 0.181. The second kappa shape index (κ2) is 9.85. The lowest BCUT2D eigenvalue weighted by Gasteiger charge is -2.29. The molecule has 0 N–H and O–H groups in total. The van der Waals surface area contributed by atoms with Crippen LogP contribution in [0, 0.1) is 5.82 Å². The number of imide groups is 1. The van der Waals surface area contributed by atoms with Gasteiger partial charge >= 0.3 is 0 Å². The van der Waals surface area contributed by atoms with Gasteiger partial charge in [-0.05, 0) is 43.4 Å². The summed E-state index contributed by atoms with van der Waals surface area (Å²) in [6.07, 6.45) is 9.85. The van der Waals surface area contributed by atoms with Crippen molar-refractivity contribution in [2.45, 2.75) is 64.7 Å². The molecule has 0 radical (unpaired) electrons. The molecule has 1 aromatic rings. The molecule has 4 nitrogen and oxygen atoms in total. The minimum atomic E-state index is -0.343. The standard InChI is InChI=1S/C23H31FN2O2/c1-2-3-4-5-6-10-17-26-22(27)20(18-11-13-19(24)14-12-18)21(23(26)28)25-15-8-7-9-16-25/h11-14H,2-10,15-17H2,1H3. The van der Waals surface area contributed by atoms with Crippen molar-refractivity contribution in [3.63, 3.8) is 0 Å². The predicted molar refractivity (Wildman–Crippen MR) is 109 cm³/mol. The summed E-state index contributed by atoms with van der Waals surface area (Å²) in [5.41, 5.74) is 1.59. The van der Waals surface area contributed by atoms with E-state index in [1.807, 2.05) is 0 Å². The maximum Gasteiger partial charge on any atom is 0.277 e. The van der Waals surface area contributed by atoms with E-state index in [-0.39, 0.29) is 17.6 Å². The number of hydrogen-bond donors (Lipinski definition) is 0. The van der Waals surface area contributed by atoms with E-state index < -0.39 is 0 Å². The number of halogens is 1. The van der Waals surface area contributed by atoms with Gasteiger partial charge < -0.3 is 4.90 Å². The summed E-state index contributed by atoms with van der Waals surface area (Å²) in [6, 6.07) is 5.91. The quantitative estimate of drug-likeness (QED) is 0.454. The van der Waals surface area contributed by atoms with Crippen molar-refractivity contribution in [1.82, 2.24) is 9.80 Å². The highest BCUT2D eigenvalue weighted by Crippen LogP contribution is 2.33. The normalized spacial score (nSPS) is 17.8. The Kier molecular flexibility index (Phi) is 7.24. The van der Waals surface area contributed by atoms with Crippen LogP contribution in [0.5, 0.6) is 0 Å². The van der Waals surface area contributed by atoms with Gasteiger partial charge in [0.1, 0.15) is 11.5 Å². The molecule has 2 aliphatic rings.